The van der Waals surface area contributed by atoms with E-state index in [4.69, 9.17) is 28.4 Å². The van der Waals surface area contributed by atoms with Crippen molar-refractivity contribution in [2.45, 2.75) is 6.54 Å². The summed E-state index contributed by atoms with van der Waals surface area (Å²) in [6.07, 6.45) is 0. The lowest BCUT2D eigenvalue weighted by atomic mass is 9.95. The first-order valence-electron chi connectivity index (χ1n) is 12.0. The number of esters is 1. The molecule has 1 aliphatic rings. The number of rotatable bonds is 9. The van der Waals surface area contributed by atoms with Crippen molar-refractivity contribution < 1.29 is 33.2 Å². The summed E-state index contributed by atoms with van der Waals surface area (Å²) in [5.41, 5.74) is 0.908. The van der Waals surface area contributed by atoms with Crippen LogP contribution < -0.4 is 24.5 Å². The molecule has 4 rings (SSSR count). The van der Waals surface area contributed by atoms with Crippen molar-refractivity contribution in [3.8, 4) is 34.1 Å². The number of ether oxygens (including phenoxy) is 6. The summed E-state index contributed by atoms with van der Waals surface area (Å²) in [4.78, 5) is 29.5. The highest BCUT2D eigenvalue weighted by atomic mass is 79.9. The van der Waals surface area contributed by atoms with Gasteiger partial charge < -0.3 is 33.0 Å². The Hall–Kier alpha value is -2.99. The van der Waals surface area contributed by atoms with Gasteiger partial charge in [-0.15, -0.1) is 12.4 Å². The molecule has 1 aliphatic heterocycles. The first kappa shape index (κ1) is 30.6. The van der Waals surface area contributed by atoms with Crippen molar-refractivity contribution in [3.63, 3.8) is 0 Å². The van der Waals surface area contributed by atoms with E-state index >= 15 is 0 Å². The highest BCUT2D eigenvalue weighted by Crippen LogP contribution is 2.43. The molecule has 2 heterocycles. The number of pyridine rings is 1. The number of benzene rings is 2. The lowest BCUT2D eigenvalue weighted by Gasteiger charge is -2.27. The van der Waals surface area contributed by atoms with Crippen LogP contribution in [-0.4, -0.2) is 83.8 Å². The molecule has 1 saturated heterocycles. The summed E-state index contributed by atoms with van der Waals surface area (Å²) in [5.74, 6) is 1.14. The minimum atomic E-state index is -0.637. The number of fused-ring (bicyclic) bond motifs is 1. The quantitative estimate of drug-likeness (QED) is 0.326. The molecule has 0 atom stereocenters. The van der Waals surface area contributed by atoms with Crippen LogP contribution in [0.5, 0.6) is 23.0 Å². The second-order valence-electron chi connectivity index (χ2n) is 8.57. The molecule has 0 radical (unpaired) electrons. The van der Waals surface area contributed by atoms with Gasteiger partial charge >= 0.3 is 5.97 Å². The van der Waals surface area contributed by atoms with Crippen molar-refractivity contribution in [2.75, 3.05) is 68.4 Å². The van der Waals surface area contributed by atoms with Crippen LogP contribution >= 0.6 is 28.3 Å². The van der Waals surface area contributed by atoms with Crippen LogP contribution in [0.2, 0.25) is 0 Å². The molecule has 0 aliphatic carbocycles. The maximum atomic E-state index is 13.9. The van der Waals surface area contributed by atoms with Gasteiger partial charge in [0.25, 0.3) is 5.56 Å². The third kappa shape index (κ3) is 5.96. The van der Waals surface area contributed by atoms with Crippen LogP contribution in [0.4, 0.5) is 0 Å². The maximum Gasteiger partial charge on any atom is 0.355 e. The van der Waals surface area contributed by atoms with Gasteiger partial charge in [-0.2, -0.15) is 0 Å². The van der Waals surface area contributed by atoms with Gasteiger partial charge in [0.15, 0.2) is 23.0 Å². The fourth-order valence-corrected chi connectivity index (χ4v) is 5.32. The predicted molar refractivity (Wildman–Crippen MR) is 153 cm³/mol. The third-order valence-electron chi connectivity index (χ3n) is 6.62. The molecule has 10 nitrogen and oxygen atoms in total. The van der Waals surface area contributed by atoms with Crippen LogP contribution in [0.3, 0.4) is 0 Å². The van der Waals surface area contributed by atoms with Crippen molar-refractivity contribution in [2.24, 2.45) is 0 Å². The standard InChI is InChI=1S/C27H31BrN2O8.ClH/c1-33-20-14-17-18(15-21(20)34-2)26(31)30(7-6-29-8-10-38-11-9-29)24(27(32)37-5)23(17)16-12-19(28)25(36-4)22(13-16)35-3;/h12-15H,6-11H2,1-5H3;1H. The van der Waals surface area contributed by atoms with Crippen LogP contribution in [0, 0.1) is 0 Å². The van der Waals surface area contributed by atoms with Crippen LogP contribution in [0.25, 0.3) is 21.9 Å². The molecule has 1 fully saturated rings. The average molecular weight is 628 g/mol. The highest BCUT2D eigenvalue weighted by Gasteiger charge is 2.27. The van der Waals surface area contributed by atoms with E-state index in [-0.39, 0.29) is 30.2 Å². The second-order valence-corrected chi connectivity index (χ2v) is 9.43. The van der Waals surface area contributed by atoms with Crippen LogP contribution in [-0.2, 0) is 16.0 Å². The fraction of sp³-hybridized carbons (Fsp3) is 0.407. The second kappa shape index (κ2) is 13.4. The Morgan fingerprint density at radius 3 is 2.05 bits per heavy atom. The number of halogens is 2. The van der Waals surface area contributed by atoms with Gasteiger partial charge in [-0.3, -0.25) is 9.69 Å². The van der Waals surface area contributed by atoms with E-state index < -0.39 is 5.97 Å². The average Bonchev–Trinajstić information content (AvgIpc) is 2.95. The Labute approximate surface area is 241 Å². The maximum absolute atomic E-state index is 13.9. The molecule has 3 aromatic rings. The van der Waals surface area contributed by atoms with Gasteiger partial charge in [0, 0.05) is 37.1 Å². The van der Waals surface area contributed by atoms with Crippen molar-refractivity contribution in [1.82, 2.24) is 9.47 Å². The topological polar surface area (TPSA) is 97.7 Å². The van der Waals surface area contributed by atoms with E-state index in [1.807, 2.05) is 6.07 Å². The summed E-state index contributed by atoms with van der Waals surface area (Å²) < 4.78 is 34.9. The molecular weight excluding hydrogens is 596 g/mol. The first-order valence-corrected chi connectivity index (χ1v) is 12.8. The van der Waals surface area contributed by atoms with Crippen molar-refractivity contribution >= 4 is 45.1 Å². The number of aromatic nitrogens is 1. The summed E-state index contributed by atoms with van der Waals surface area (Å²) in [5, 5.41) is 0.882. The molecule has 0 bridgehead atoms. The molecule has 0 N–H and O–H groups in total. The molecule has 0 unspecified atom stereocenters. The zero-order valence-corrected chi connectivity index (χ0v) is 24.9. The van der Waals surface area contributed by atoms with Gasteiger partial charge in [-0.05, 0) is 45.8 Å². The summed E-state index contributed by atoms with van der Waals surface area (Å²) in [7, 11) is 7.40. The smallest absolute Gasteiger partial charge is 0.355 e. The first-order chi connectivity index (χ1) is 18.4. The zero-order chi connectivity index (χ0) is 27.4. The summed E-state index contributed by atoms with van der Waals surface area (Å²) in [6.45, 7) is 3.57. The Morgan fingerprint density at radius 2 is 1.49 bits per heavy atom. The van der Waals surface area contributed by atoms with Gasteiger partial charge in [0.1, 0.15) is 5.69 Å². The lowest BCUT2D eigenvalue weighted by Crippen LogP contribution is -2.40. The third-order valence-corrected chi connectivity index (χ3v) is 7.21. The largest absolute Gasteiger partial charge is 0.493 e. The number of carbonyl (C=O) groups is 1. The number of carbonyl (C=O) groups excluding carboxylic acids is 1. The SMILES string of the molecule is COC(=O)c1c(-c2cc(Br)c(OC)c(OC)c2)c2cc(OC)c(OC)cc2c(=O)n1CCN1CCOCC1.Cl. The minimum absolute atomic E-state index is 0. The summed E-state index contributed by atoms with van der Waals surface area (Å²) >= 11 is 3.55. The highest BCUT2D eigenvalue weighted by molar-refractivity contribution is 9.10. The number of hydrogen-bond acceptors (Lipinski definition) is 9. The van der Waals surface area contributed by atoms with Gasteiger partial charge in [-0.25, -0.2) is 4.79 Å². The van der Waals surface area contributed by atoms with Gasteiger partial charge in [-0.1, -0.05) is 0 Å². The Kier molecular flexibility index (Phi) is 10.5. The molecule has 0 saturated carbocycles. The monoisotopic (exact) mass is 626 g/mol. The summed E-state index contributed by atoms with van der Waals surface area (Å²) in [6, 6.07) is 6.92. The van der Waals surface area contributed by atoms with Crippen LogP contribution in [0.1, 0.15) is 10.5 Å². The molecule has 212 valence electrons. The fourth-order valence-electron chi connectivity index (χ4n) is 4.72. The number of methoxy groups -OCH3 is 5. The Balaban J connectivity index is 0.00000420. The number of nitrogens with zero attached hydrogens (tertiary/aromatic N) is 2. The molecule has 0 amide bonds. The predicted octanol–water partition coefficient (Wildman–Crippen LogP) is 4.01. The van der Waals surface area contributed by atoms with Gasteiger partial charge in [0.05, 0.1) is 58.6 Å². The van der Waals surface area contributed by atoms with E-state index in [0.29, 0.717) is 69.1 Å². The van der Waals surface area contributed by atoms with Crippen LogP contribution in [0.15, 0.2) is 33.5 Å². The minimum Gasteiger partial charge on any atom is -0.493 e. The molecule has 0 spiro atoms. The number of hydrogen-bond donors (Lipinski definition) is 0. The zero-order valence-electron chi connectivity index (χ0n) is 22.5. The van der Waals surface area contributed by atoms with E-state index in [2.05, 4.69) is 20.8 Å². The van der Waals surface area contributed by atoms with E-state index in [1.165, 1.54) is 33.0 Å². The molecule has 39 heavy (non-hydrogen) atoms. The lowest BCUT2D eigenvalue weighted by molar-refractivity contribution is 0.0358. The number of morpholine rings is 1. The Morgan fingerprint density at radius 1 is 0.872 bits per heavy atom. The molecule has 12 heteroatoms. The van der Waals surface area contributed by atoms with E-state index in [1.54, 1.807) is 25.3 Å². The van der Waals surface area contributed by atoms with E-state index in [0.717, 1.165) is 13.1 Å². The molecule has 2 aromatic carbocycles. The normalized spacial score (nSPS) is 13.5. The van der Waals surface area contributed by atoms with Crippen molar-refractivity contribution in [3.05, 3.63) is 44.8 Å². The van der Waals surface area contributed by atoms with Crippen molar-refractivity contribution in [1.29, 1.82) is 0 Å². The molecule has 1 aromatic heterocycles. The Bertz CT molecular complexity index is 1410. The van der Waals surface area contributed by atoms with E-state index in [9.17, 15) is 9.59 Å². The molecular formula is C27H32BrClN2O8. The van der Waals surface area contributed by atoms with Gasteiger partial charge in [0.2, 0.25) is 0 Å².